The molecular formula is C31H32NO2P. The summed E-state index contributed by atoms with van der Waals surface area (Å²) in [5, 5.41) is 1.05. The Bertz CT molecular complexity index is 1160. The molecule has 4 aromatic carbocycles. The van der Waals surface area contributed by atoms with Crippen molar-refractivity contribution in [2.24, 2.45) is 0 Å². The van der Waals surface area contributed by atoms with Crippen molar-refractivity contribution < 1.29 is 9.30 Å². The lowest BCUT2D eigenvalue weighted by molar-refractivity contribution is 0.0364. The van der Waals surface area contributed by atoms with Crippen LogP contribution >= 0.6 is 7.14 Å². The molecule has 5 rings (SSSR count). The maximum absolute atomic E-state index is 16.1. The highest BCUT2D eigenvalue weighted by Crippen LogP contribution is 2.66. The molecule has 0 radical (unpaired) electrons. The SMILES string of the molecule is O=P(c1ccccc1)(c1ccccc1)C(CCN1CCOCC1)(c1ccccc1)c1ccccc1. The van der Waals surface area contributed by atoms with Gasteiger partial charge in [0, 0.05) is 23.7 Å². The van der Waals surface area contributed by atoms with Crippen LogP contribution in [0.15, 0.2) is 121 Å². The van der Waals surface area contributed by atoms with Gasteiger partial charge >= 0.3 is 0 Å². The maximum atomic E-state index is 16.1. The molecule has 3 nitrogen and oxygen atoms in total. The number of morpholine rings is 1. The van der Waals surface area contributed by atoms with Crippen LogP contribution in [-0.2, 0) is 14.5 Å². The van der Waals surface area contributed by atoms with Gasteiger partial charge in [0.2, 0.25) is 0 Å². The van der Waals surface area contributed by atoms with Crippen molar-refractivity contribution in [1.82, 2.24) is 4.90 Å². The number of benzene rings is 4. The molecule has 1 fully saturated rings. The summed E-state index contributed by atoms with van der Waals surface area (Å²) in [5.41, 5.74) is 2.19. The summed E-state index contributed by atoms with van der Waals surface area (Å²) in [7, 11) is -3.23. The Labute approximate surface area is 208 Å². The molecule has 1 heterocycles. The van der Waals surface area contributed by atoms with E-state index in [1.807, 2.05) is 72.8 Å². The van der Waals surface area contributed by atoms with Gasteiger partial charge in [0.1, 0.15) is 0 Å². The zero-order valence-corrected chi connectivity index (χ0v) is 20.9. The monoisotopic (exact) mass is 481 g/mol. The highest BCUT2D eigenvalue weighted by molar-refractivity contribution is 7.80. The predicted molar refractivity (Wildman–Crippen MR) is 145 cm³/mol. The van der Waals surface area contributed by atoms with Crippen LogP contribution in [0.1, 0.15) is 17.5 Å². The van der Waals surface area contributed by atoms with Gasteiger partial charge < -0.3 is 9.30 Å². The highest BCUT2D eigenvalue weighted by atomic mass is 31.2. The average Bonchev–Trinajstić information content (AvgIpc) is 2.96. The molecule has 4 aromatic rings. The molecule has 0 N–H and O–H groups in total. The summed E-state index contributed by atoms with van der Waals surface area (Å²) in [4.78, 5) is 2.45. The first-order valence-corrected chi connectivity index (χ1v) is 14.1. The van der Waals surface area contributed by atoms with Gasteiger partial charge in [0.15, 0.2) is 7.14 Å². The third-order valence-corrected chi connectivity index (χ3v) is 11.0. The molecule has 35 heavy (non-hydrogen) atoms. The Kier molecular flexibility index (Phi) is 7.29. The molecule has 0 unspecified atom stereocenters. The van der Waals surface area contributed by atoms with Crippen LogP contribution in [0.4, 0.5) is 0 Å². The zero-order valence-electron chi connectivity index (χ0n) is 20.0. The van der Waals surface area contributed by atoms with Gasteiger partial charge in [-0.3, -0.25) is 4.90 Å². The normalized spacial score (nSPS) is 15.1. The second kappa shape index (κ2) is 10.7. The molecule has 0 bridgehead atoms. The maximum Gasteiger partial charge on any atom is 0.157 e. The van der Waals surface area contributed by atoms with Gasteiger partial charge in [-0.05, 0) is 24.1 Å². The van der Waals surface area contributed by atoms with E-state index >= 15 is 4.57 Å². The molecule has 1 aliphatic rings. The molecule has 0 aromatic heterocycles. The fourth-order valence-corrected chi connectivity index (χ4v) is 9.22. The van der Waals surface area contributed by atoms with Crippen LogP contribution in [0.3, 0.4) is 0 Å². The van der Waals surface area contributed by atoms with Crippen molar-refractivity contribution in [3.63, 3.8) is 0 Å². The summed E-state index contributed by atoms with van der Waals surface area (Å²) in [6.07, 6.45) is 0.738. The van der Waals surface area contributed by atoms with Gasteiger partial charge in [-0.2, -0.15) is 0 Å². The van der Waals surface area contributed by atoms with E-state index in [1.165, 1.54) is 0 Å². The molecule has 0 aliphatic carbocycles. The quantitative estimate of drug-likeness (QED) is 0.304. The lowest BCUT2D eigenvalue weighted by Crippen LogP contribution is -2.43. The van der Waals surface area contributed by atoms with Crippen molar-refractivity contribution in [1.29, 1.82) is 0 Å². The fourth-order valence-electron chi connectivity index (χ4n) is 5.41. The van der Waals surface area contributed by atoms with Crippen molar-refractivity contribution in [2.75, 3.05) is 32.8 Å². The Morgan fingerprint density at radius 2 is 1.03 bits per heavy atom. The third kappa shape index (κ3) is 4.52. The second-order valence-corrected chi connectivity index (χ2v) is 12.1. The standard InChI is InChI=1S/C31H32NO2P/c33-35(29-17-9-3-10-18-29,30-19-11-4-12-20-30)31(27-13-5-1-6-14-27,28-15-7-2-8-16-28)21-22-32-23-25-34-26-24-32/h1-20H,21-26H2. The van der Waals surface area contributed by atoms with Gasteiger partial charge in [-0.15, -0.1) is 0 Å². The molecule has 0 atom stereocenters. The van der Waals surface area contributed by atoms with Crippen molar-refractivity contribution in [3.8, 4) is 0 Å². The minimum atomic E-state index is -3.23. The average molecular weight is 482 g/mol. The molecule has 4 heteroatoms. The van der Waals surface area contributed by atoms with E-state index in [9.17, 15) is 0 Å². The summed E-state index contributed by atoms with van der Waals surface area (Å²) < 4.78 is 21.7. The third-order valence-electron chi connectivity index (χ3n) is 7.17. The lowest BCUT2D eigenvalue weighted by Gasteiger charge is -2.44. The summed E-state index contributed by atoms with van der Waals surface area (Å²) >= 11 is 0. The Morgan fingerprint density at radius 3 is 1.46 bits per heavy atom. The largest absolute Gasteiger partial charge is 0.379 e. The van der Waals surface area contributed by atoms with Gasteiger partial charge in [-0.1, -0.05) is 121 Å². The van der Waals surface area contributed by atoms with E-state index in [-0.39, 0.29) is 0 Å². The molecule has 1 saturated heterocycles. The van der Waals surface area contributed by atoms with E-state index in [4.69, 9.17) is 4.74 Å². The Balaban J connectivity index is 1.80. The van der Waals surface area contributed by atoms with Crippen LogP contribution in [0.25, 0.3) is 0 Å². The van der Waals surface area contributed by atoms with Crippen LogP contribution in [0.2, 0.25) is 0 Å². The Hall–Kier alpha value is -2.97. The first-order valence-electron chi connectivity index (χ1n) is 12.4. The lowest BCUT2D eigenvalue weighted by atomic mass is 9.87. The molecule has 178 valence electrons. The molecule has 0 saturated carbocycles. The van der Waals surface area contributed by atoms with Crippen LogP contribution in [0, 0.1) is 0 Å². The van der Waals surface area contributed by atoms with Gasteiger partial charge in [-0.25, -0.2) is 0 Å². The van der Waals surface area contributed by atoms with Crippen LogP contribution in [0.5, 0.6) is 0 Å². The number of hydrogen-bond donors (Lipinski definition) is 0. The minimum absolute atomic E-state index is 0.726. The highest BCUT2D eigenvalue weighted by Gasteiger charge is 2.52. The van der Waals surface area contributed by atoms with Crippen molar-refractivity contribution >= 4 is 17.8 Å². The smallest absolute Gasteiger partial charge is 0.157 e. The van der Waals surface area contributed by atoms with Crippen molar-refractivity contribution in [3.05, 3.63) is 132 Å². The molecular weight excluding hydrogens is 449 g/mol. The van der Waals surface area contributed by atoms with Crippen LogP contribution < -0.4 is 10.6 Å². The van der Waals surface area contributed by atoms with E-state index in [0.717, 1.165) is 61.0 Å². The molecule has 1 aliphatic heterocycles. The van der Waals surface area contributed by atoms with E-state index in [1.54, 1.807) is 0 Å². The van der Waals surface area contributed by atoms with E-state index in [2.05, 4.69) is 53.4 Å². The summed E-state index contributed by atoms with van der Waals surface area (Å²) in [5.74, 6) is 0. The summed E-state index contributed by atoms with van der Waals surface area (Å²) in [6, 6.07) is 41.2. The topological polar surface area (TPSA) is 29.5 Å². The molecule has 0 spiro atoms. The number of hydrogen-bond acceptors (Lipinski definition) is 3. The number of rotatable bonds is 8. The van der Waals surface area contributed by atoms with Gasteiger partial charge in [0.05, 0.1) is 18.4 Å². The van der Waals surface area contributed by atoms with Crippen LogP contribution in [-0.4, -0.2) is 37.7 Å². The van der Waals surface area contributed by atoms with Gasteiger partial charge in [0.25, 0.3) is 0 Å². The minimum Gasteiger partial charge on any atom is -0.379 e. The van der Waals surface area contributed by atoms with E-state index in [0.29, 0.717) is 0 Å². The number of nitrogens with zero attached hydrogens (tertiary/aromatic N) is 1. The molecule has 0 amide bonds. The number of ether oxygens (including phenoxy) is 1. The Morgan fingerprint density at radius 1 is 0.629 bits per heavy atom. The zero-order chi connectivity index (χ0) is 24.0. The summed E-state index contributed by atoms with van der Waals surface area (Å²) in [6.45, 7) is 4.15. The second-order valence-electron chi connectivity index (χ2n) is 9.08. The van der Waals surface area contributed by atoms with Crippen molar-refractivity contribution in [2.45, 2.75) is 11.6 Å². The first-order chi connectivity index (χ1) is 17.2. The first kappa shape index (κ1) is 23.8. The fraction of sp³-hybridized carbons (Fsp3) is 0.226. The van der Waals surface area contributed by atoms with E-state index < -0.39 is 12.3 Å². The predicted octanol–water partition coefficient (Wildman–Crippen LogP) is 5.67.